The van der Waals surface area contributed by atoms with Crippen LogP contribution in [-0.4, -0.2) is 44.2 Å². The van der Waals surface area contributed by atoms with Crippen molar-refractivity contribution in [1.82, 2.24) is 9.97 Å². The summed E-state index contributed by atoms with van der Waals surface area (Å²) in [5.74, 6) is 1.84. The first-order chi connectivity index (χ1) is 15.0. The van der Waals surface area contributed by atoms with Gasteiger partial charge in [-0.05, 0) is 29.8 Å². The van der Waals surface area contributed by atoms with Gasteiger partial charge in [0.2, 0.25) is 5.75 Å². The predicted molar refractivity (Wildman–Crippen MR) is 117 cm³/mol. The van der Waals surface area contributed by atoms with E-state index in [2.05, 4.69) is 15.3 Å². The molecule has 0 atom stereocenters. The molecule has 31 heavy (non-hydrogen) atoms. The lowest BCUT2D eigenvalue weighted by molar-refractivity contribution is 0.103. The number of benzene rings is 2. The maximum absolute atomic E-state index is 13.2. The molecule has 0 fully saturated rings. The number of hydrogen-bond donors (Lipinski definition) is 1. The van der Waals surface area contributed by atoms with E-state index >= 15 is 0 Å². The van der Waals surface area contributed by atoms with Crippen molar-refractivity contribution in [2.24, 2.45) is 0 Å². The monoisotopic (exact) mass is 443 g/mol. The number of ketones is 1. The second kappa shape index (κ2) is 9.99. The van der Waals surface area contributed by atoms with Crippen LogP contribution in [-0.2, 0) is 6.54 Å². The first-order valence-corrected chi connectivity index (χ1v) is 9.61. The molecule has 1 N–H and O–H groups in total. The van der Waals surface area contributed by atoms with Crippen molar-refractivity contribution in [1.29, 1.82) is 0 Å². The summed E-state index contributed by atoms with van der Waals surface area (Å²) in [6, 6.07) is 8.61. The lowest BCUT2D eigenvalue weighted by atomic mass is 10.0. The van der Waals surface area contributed by atoms with Crippen LogP contribution < -0.4 is 24.3 Å². The Morgan fingerprint density at radius 2 is 1.65 bits per heavy atom. The van der Waals surface area contributed by atoms with E-state index in [0.29, 0.717) is 51.5 Å². The van der Waals surface area contributed by atoms with Crippen LogP contribution in [0.2, 0.25) is 5.02 Å². The summed E-state index contributed by atoms with van der Waals surface area (Å²) in [6.07, 6.45) is 2.83. The Morgan fingerprint density at radius 3 is 2.23 bits per heavy atom. The van der Waals surface area contributed by atoms with E-state index in [-0.39, 0.29) is 5.78 Å². The molecule has 0 bridgehead atoms. The van der Waals surface area contributed by atoms with Crippen LogP contribution in [0.1, 0.15) is 21.5 Å². The standard InChI is InChI=1S/C22H22ClN3O5/c1-28-17-6-5-13(7-16(17)23)10-25-22-15(11-24-12-26-22)20(27)14-8-18(29-2)21(31-4)19(9-14)30-3/h5-9,11-12H,10H2,1-4H3,(H,24,25,26). The summed E-state index contributed by atoms with van der Waals surface area (Å²) in [5, 5.41) is 3.66. The summed E-state index contributed by atoms with van der Waals surface area (Å²) >= 11 is 6.19. The Hall–Kier alpha value is -3.52. The second-order valence-corrected chi connectivity index (χ2v) is 6.76. The van der Waals surface area contributed by atoms with Gasteiger partial charge in [-0.1, -0.05) is 17.7 Å². The number of methoxy groups -OCH3 is 4. The van der Waals surface area contributed by atoms with E-state index in [1.165, 1.54) is 33.9 Å². The lowest BCUT2D eigenvalue weighted by Gasteiger charge is -2.15. The van der Waals surface area contributed by atoms with Crippen LogP contribution >= 0.6 is 11.6 Å². The molecule has 3 aromatic rings. The molecule has 0 aliphatic carbocycles. The maximum Gasteiger partial charge on any atom is 0.203 e. The number of halogens is 1. The lowest BCUT2D eigenvalue weighted by Crippen LogP contribution is -2.11. The fraction of sp³-hybridized carbons (Fsp3) is 0.227. The van der Waals surface area contributed by atoms with Gasteiger partial charge in [0.25, 0.3) is 0 Å². The molecule has 0 radical (unpaired) electrons. The molecule has 0 amide bonds. The number of anilines is 1. The van der Waals surface area contributed by atoms with Gasteiger partial charge in [0.15, 0.2) is 17.3 Å². The Kier molecular flexibility index (Phi) is 7.15. The molecule has 0 saturated heterocycles. The van der Waals surface area contributed by atoms with Crippen molar-refractivity contribution in [3.63, 3.8) is 0 Å². The van der Waals surface area contributed by atoms with E-state index in [1.54, 1.807) is 31.4 Å². The molecule has 0 spiro atoms. The minimum Gasteiger partial charge on any atom is -0.495 e. The second-order valence-electron chi connectivity index (χ2n) is 6.35. The summed E-state index contributed by atoms with van der Waals surface area (Å²) < 4.78 is 21.2. The highest BCUT2D eigenvalue weighted by Gasteiger charge is 2.21. The molecule has 8 nitrogen and oxygen atoms in total. The van der Waals surface area contributed by atoms with Gasteiger partial charge >= 0.3 is 0 Å². The van der Waals surface area contributed by atoms with Gasteiger partial charge < -0.3 is 24.3 Å². The van der Waals surface area contributed by atoms with E-state index in [9.17, 15) is 4.79 Å². The molecule has 0 saturated carbocycles. The predicted octanol–water partition coefficient (Wildman–Crippen LogP) is 4.01. The molecule has 2 aromatic carbocycles. The van der Waals surface area contributed by atoms with Crippen LogP contribution in [0.5, 0.6) is 23.0 Å². The van der Waals surface area contributed by atoms with Gasteiger partial charge in [0, 0.05) is 18.3 Å². The zero-order valence-electron chi connectivity index (χ0n) is 17.6. The summed E-state index contributed by atoms with van der Waals surface area (Å²) in [5.41, 5.74) is 1.55. The molecule has 162 valence electrons. The van der Waals surface area contributed by atoms with Crippen LogP contribution in [0.15, 0.2) is 42.9 Å². The Labute approximate surface area is 185 Å². The Morgan fingerprint density at radius 1 is 0.968 bits per heavy atom. The van der Waals surface area contributed by atoms with Crippen LogP contribution in [0.25, 0.3) is 0 Å². The van der Waals surface area contributed by atoms with Crippen molar-refractivity contribution in [3.8, 4) is 23.0 Å². The highest BCUT2D eigenvalue weighted by atomic mass is 35.5. The quantitative estimate of drug-likeness (QED) is 0.496. The van der Waals surface area contributed by atoms with Crippen LogP contribution in [0.3, 0.4) is 0 Å². The number of nitrogens with zero attached hydrogens (tertiary/aromatic N) is 2. The zero-order valence-corrected chi connectivity index (χ0v) is 18.3. The minimum absolute atomic E-state index is 0.296. The first-order valence-electron chi connectivity index (χ1n) is 9.23. The average molecular weight is 444 g/mol. The smallest absolute Gasteiger partial charge is 0.203 e. The van der Waals surface area contributed by atoms with Crippen LogP contribution in [0.4, 0.5) is 5.82 Å². The van der Waals surface area contributed by atoms with Crippen molar-refractivity contribution in [2.45, 2.75) is 6.54 Å². The van der Waals surface area contributed by atoms with Crippen molar-refractivity contribution in [2.75, 3.05) is 33.8 Å². The summed E-state index contributed by atoms with van der Waals surface area (Å²) in [7, 11) is 6.04. The topological polar surface area (TPSA) is 91.8 Å². The zero-order chi connectivity index (χ0) is 22.4. The summed E-state index contributed by atoms with van der Waals surface area (Å²) in [6.45, 7) is 0.399. The normalized spacial score (nSPS) is 10.4. The largest absolute Gasteiger partial charge is 0.495 e. The maximum atomic E-state index is 13.2. The van der Waals surface area contributed by atoms with Gasteiger partial charge in [-0.25, -0.2) is 9.97 Å². The first kappa shape index (κ1) is 22.2. The van der Waals surface area contributed by atoms with E-state index in [1.807, 2.05) is 6.07 Å². The molecule has 9 heteroatoms. The van der Waals surface area contributed by atoms with Crippen molar-refractivity contribution in [3.05, 3.63) is 64.6 Å². The molecule has 1 aromatic heterocycles. The van der Waals surface area contributed by atoms with Gasteiger partial charge in [-0.15, -0.1) is 0 Å². The number of carbonyl (C=O) groups excluding carboxylic acids is 1. The van der Waals surface area contributed by atoms with Gasteiger partial charge in [-0.2, -0.15) is 0 Å². The molecule has 0 aliphatic heterocycles. The molecule has 1 heterocycles. The third-order valence-corrected chi connectivity index (χ3v) is 4.86. The number of ether oxygens (including phenoxy) is 4. The number of nitrogens with one attached hydrogen (secondary N) is 1. The number of aromatic nitrogens is 2. The third-order valence-electron chi connectivity index (χ3n) is 4.56. The molecule has 0 unspecified atom stereocenters. The Balaban J connectivity index is 1.89. The minimum atomic E-state index is -0.296. The fourth-order valence-electron chi connectivity index (χ4n) is 3.01. The van der Waals surface area contributed by atoms with E-state index in [4.69, 9.17) is 30.5 Å². The van der Waals surface area contributed by atoms with Gasteiger partial charge in [0.05, 0.1) is 39.0 Å². The van der Waals surface area contributed by atoms with Crippen molar-refractivity contribution >= 4 is 23.2 Å². The van der Waals surface area contributed by atoms with Crippen molar-refractivity contribution < 1.29 is 23.7 Å². The average Bonchev–Trinajstić information content (AvgIpc) is 2.81. The van der Waals surface area contributed by atoms with Crippen LogP contribution in [0, 0.1) is 0 Å². The SMILES string of the molecule is COc1ccc(CNc2ncncc2C(=O)c2cc(OC)c(OC)c(OC)c2)cc1Cl. The number of hydrogen-bond acceptors (Lipinski definition) is 8. The number of rotatable bonds is 9. The molecular weight excluding hydrogens is 422 g/mol. The van der Waals surface area contributed by atoms with Gasteiger partial charge in [-0.3, -0.25) is 4.79 Å². The van der Waals surface area contributed by atoms with E-state index < -0.39 is 0 Å². The third kappa shape index (κ3) is 4.80. The molecular formula is C22H22ClN3O5. The number of carbonyl (C=O) groups is 1. The highest BCUT2D eigenvalue weighted by Crippen LogP contribution is 2.39. The highest BCUT2D eigenvalue weighted by molar-refractivity contribution is 6.32. The van der Waals surface area contributed by atoms with E-state index in [0.717, 1.165) is 5.56 Å². The Bertz CT molecular complexity index is 1070. The molecule has 0 aliphatic rings. The fourth-order valence-corrected chi connectivity index (χ4v) is 3.29. The molecule has 3 rings (SSSR count). The van der Waals surface area contributed by atoms with Gasteiger partial charge in [0.1, 0.15) is 17.9 Å². The summed E-state index contributed by atoms with van der Waals surface area (Å²) in [4.78, 5) is 21.5.